The summed E-state index contributed by atoms with van der Waals surface area (Å²) in [7, 11) is 0. The minimum Gasteiger partial charge on any atom is -0.481 e. The molecule has 1 aliphatic rings. The Morgan fingerprint density at radius 3 is 2.40 bits per heavy atom. The minimum atomic E-state index is -4.69. The van der Waals surface area contributed by atoms with E-state index in [0.29, 0.717) is 5.69 Å². The van der Waals surface area contributed by atoms with Crippen LogP contribution in [-0.4, -0.2) is 56.1 Å². The van der Waals surface area contributed by atoms with Crippen LogP contribution >= 0.6 is 0 Å². The summed E-state index contributed by atoms with van der Waals surface area (Å²) in [4.78, 5) is 24.3. The highest BCUT2D eigenvalue weighted by atomic mass is 19.4. The largest absolute Gasteiger partial charge is 0.481 e. The molecule has 0 saturated carbocycles. The quantitative estimate of drug-likeness (QED) is 0.905. The van der Waals surface area contributed by atoms with E-state index in [4.69, 9.17) is 5.11 Å². The molecule has 132 valence electrons. The molecule has 1 N–H and O–H groups in total. The molecule has 25 heavy (non-hydrogen) atoms. The van der Waals surface area contributed by atoms with Gasteiger partial charge < -0.3 is 10.0 Å². The highest BCUT2D eigenvalue weighted by Crippen LogP contribution is 2.38. The van der Waals surface area contributed by atoms with Crippen molar-refractivity contribution in [2.24, 2.45) is 11.8 Å². The van der Waals surface area contributed by atoms with Gasteiger partial charge in [0.05, 0.1) is 23.7 Å². The maximum absolute atomic E-state index is 13.0. The van der Waals surface area contributed by atoms with Gasteiger partial charge in [-0.2, -0.15) is 13.2 Å². The van der Waals surface area contributed by atoms with Crippen LogP contribution in [-0.2, 0) is 4.79 Å². The van der Waals surface area contributed by atoms with E-state index in [1.165, 1.54) is 10.9 Å². The van der Waals surface area contributed by atoms with Crippen LogP contribution in [0.5, 0.6) is 0 Å². The van der Waals surface area contributed by atoms with Crippen molar-refractivity contribution in [3.8, 4) is 5.69 Å². The van der Waals surface area contributed by atoms with Crippen molar-refractivity contribution in [3.05, 3.63) is 42.2 Å². The molecule has 1 aromatic heterocycles. The molecular formula is C15H13F3N4O3. The second-order valence-electron chi connectivity index (χ2n) is 5.69. The summed E-state index contributed by atoms with van der Waals surface area (Å²) in [5.41, 5.74) is 0.489. The molecule has 0 bridgehead atoms. The van der Waals surface area contributed by atoms with Gasteiger partial charge >= 0.3 is 12.1 Å². The van der Waals surface area contributed by atoms with Gasteiger partial charge in [-0.05, 0) is 12.1 Å². The van der Waals surface area contributed by atoms with Gasteiger partial charge in [0.1, 0.15) is 0 Å². The fourth-order valence-corrected chi connectivity index (χ4v) is 2.78. The Morgan fingerprint density at radius 2 is 1.84 bits per heavy atom. The average molecular weight is 354 g/mol. The van der Waals surface area contributed by atoms with Crippen LogP contribution in [0.15, 0.2) is 36.5 Å². The number of hydrogen-bond donors (Lipinski definition) is 1. The lowest BCUT2D eigenvalue weighted by atomic mass is 9.96. The molecule has 1 aliphatic heterocycles. The molecule has 0 unspecified atom stereocenters. The third-order valence-electron chi connectivity index (χ3n) is 4.08. The van der Waals surface area contributed by atoms with E-state index in [1.54, 1.807) is 30.3 Å². The molecule has 10 heteroatoms. The number of aliphatic carboxylic acids is 1. The summed E-state index contributed by atoms with van der Waals surface area (Å²) in [6.45, 7) is -1.23. The fraction of sp³-hybridized carbons (Fsp3) is 0.333. The molecule has 0 radical (unpaired) electrons. The Hall–Kier alpha value is -2.91. The lowest BCUT2D eigenvalue weighted by Crippen LogP contribution is -2.34. The predicted molar refractivity (Wildman–Crippen MR) is 77.9 cm³/mol. The number of nitrogens with zero attached hydrogens (tertiary/aromatic N) is 4. The third kappa shape index (κ3) is 3.32. The van der Waals surface area contributed by atoms with Crippen molar-refractivity contribution in [1.29, 1.82) is 0 Å². The van der Waals surface area contributed by atoms with Gasteiger partial charge in [-0.15, -0.1) is 5.10 Å². The monoisotopic (exact) mass is 354 g/mol. The first-order valence-electron chi connectivity index (χ1n) is 7.34. The van der Waals surface area contributed by atoms with E-state index in [0.717, 1.165) is 4.90 Å². The Labute approximate surface area is 139 Å². The Kier molecular flexibility index (Phi) is 4.19. The molecule has 0 spiro atoms. The van der Waals surface area contributed by atoms with Crippen molar-refractivity contribution < 1.29 is 27.9 Å². The molecule has 1 saturated heterocycles. The number of carbonyl (C=O) groups is 2. The summed E-state index contributed by atoms with van der Waals surface area (Å²) >= 11 is 0. The predicted octanol–water partition coefficient (Wildman–Crippen LogP) is 1.60. The summed E-state index contributed by atoms with van der Waals surface area (Å²) in [5, 5.41) is 16.5. The molecule has 1 amide bonds. The van der Waals surface area contributed by atoms with Crippen molar-refractivity contribution in [2.45, 2.75) is 6.18 Å². The van der Waals surface area contributed by atoms with E-state index < -0.39 is 43.0 Å². The number of amides is 1. The maximum atomic E-state index is 13.0. The van der Waals surface area contributed by atoms with Crippen LogP contribution in [0.3, 0.4) is 0 Å². The molecule has 2 atom stereocenters. The number of carbonyl (C=O) groups excluding carboxylic acids is 1. The Bertz CT molecular complexity index is 791. The lowest BCUT2D eigenvalue weighted by Gasteiger charge is -2.17. The van der Waals surface area contributed by atoms with Crippen LogP contribution in [0, 0.1) is 11.8 Å². The summed E-state index contributed by atoms with van der Waals surface area (Å²) in [5.74, 6) is -6.14. The number of halogens is 3. The summed E-state index contributed by atoms with van der Waals surface area (Å²) < 4.78 is 40.3. The number of rotatable bonds is 3. The zero-order valence-corrected chi connectivity index (χ0v) is 12.7. The SMILES string of the molecule is O=C(O)[C@@H]1CN(C(=O)c2cn(-c3ccccc3)nn2)C[C@H]1C(F)(F)F. The number of carboxylic acid groups (broad SMARTS) is 1. The summed E-state index contributed by atoms with van der Waals surface area (Å²) in [6, 6.07) is 8.74. The number of para-hydroxylation sites is 1. The first kappa shape index (κ1) is 16.9. The van der Waals surface area contributed by atoms with Crippen molar-refractivity contribution in [1.82, 2.24) is 19.9 Å². The van der Waals surface area contributed by atoms with Crippen molar-refractivity contribution in [3.63, 3.8) is 0 Å². The normalized spacial score (nSPS) is 20.7. The maximum Gasteiger partial charge on any atom is 0.394 e. The summed E-state index contributed by atoms with van der Waals surface area (Å²) in [6.07, 6.45) is -3.39. The van der Waals surface area contributed by atoms with Crippen LogP contribution in [0.2, 0.25) is 0 Å². The second kappa shape index (κ2) is 6.19. The third-order valence-corrected chi connectivity index (χ3v) is 4.08. The molecule has 1 fully saturated rings. The first-order chi connectivity index (χ1) is 11.8. The number of alkyl halides is 3. The highest BCUT2D eigenvalue weighted by molar-refractivity contribution is 5.92. The van der Waals surface area contributed by atoms with Crippen molar-refractivity contribution in [2.75, 3.05) is 13.1 Å². The minimum absolute atomic E-state index is 0.143. The first-order valence-corrected chi connectivity index (χ1v) is 7.34. The molecule has 2 aromatic rings. The van der Waals surface area contributed by atoms with E-state index in [2.05, 4.69) is 10.3 Å². The number of hydrogen-bond acceptors (Lipinski definition) is 4. The number of benzene rings is 1. The Balaban J connectivity index is 1.80. The topological polar surface area (TPSA) is 88.3 Å². The smallest absolute Gasteiger partial charge is 0.394 e. The van der Waals surface area contributed by atoms with Gasteiger partial charge in [0.25, 0.3) is 5.91 Å². The van der Waals surface area contributed by atoms with Gasteiger partial charge in [-0.1, -0.05) is 23.4 Å². The van der Waals surface area contributed by atoms with Crippen LogP contribution in [0.4, 0.5) is 13.2 Å². The van der Waals surface area contributed by atoms with Gasteiger partial charge in [-0.25, -0.2) is 4.68 Å². The van der Waals surface area contributed by atoms with Crippen LogP contribution < -0.4 is 0 Å². The van der Waals surface area contributed by atoms with Crippen LogP contribution in [0.1, 0.15) is 10.5 Å². The van der Waals surface area contributed by atoms with E-state index in [1.807, 2.05) is 0 Å². The average Bonchev–Trinajstić information content (AvgIpc) is 3.22. The molecular weight excluding hydrogens is 341 g/mol. The molecule has 0 aliphatic carbocycles. The van der Waals surface area contributed by atoms with E-state index in [9.17, 15) is 22.8 Å². The lowest BCUT2D eigenvalue weighted by molar-refractivity contribution is -0.187. The van der Waals surface area contributed by atoms with E-state index in [-0.39, 0.29) is 5.69 Å². The zero-order valence-electron chi connectivity index (χ0n) is 12.7. The standard InChI is InChI=1S/C15H13F3N4O3/c16-15(17,18)11-7-21(6-10(11)14(24)25)13(23)12-8-22(20-19-12)9-4-2-1-3-5-9/h1-5,8,10-11H,6-7H2,(H,24,25)/t10-,11-/m1/s1. The Morgan fingerprint density at radius 1 is 1.16 bits per heavy atom. The molecule has 3 rings (SSSR count). The molecule has 2 heterocycles. The zero-order chi connectivity index (χ0) is 18.2. The van der Waals surface area contributed by atoms with Gasteiger partial charge in [0.2, 0.25) is 0 Å². The molecule has 7 nitrogen and oxygen atoms in total. The van der Waals surface area contributed by atoms with Crippen molar-refractivity contribution >= 4 is 11.9 Å². The number of aromatic nitrogens is 3. The second-order valence-corrected chi connectivity index (χ2v) is 5.69. The van der Waals surface area contributed by atoms with Gasteiger partial charge in [0, 0.05) is 13.1 Å². The molecule has 1 aromatic carbocycles. The van der Waals surface area contributed by atoms with Gasteiger partial charge in [-0.3, -0.25) is 9.59 Å². The number of likely N-dealkylation sites (tertiary alicyclic amines) is 1. The number of carboxylic acids is 1. The van der Waals surface area contributed by atoms with Crippen LogP contribution in [0.25, 0.3) is 5.69 Å². The van der Waals surface area contributed by atoms with Gasteiger partial charge in [0.15, 0.2) is 5.69 Å². The fourth-order valence-electron chi connectivity index (χ4n) is 2.78. The highest BCUT2D eigenvalue weighted by Gasteiger charge is 2.53. The van der Waals surface area contributed by atoms with E-state index >= 15 is 0 Å².